The molecule has 1 aliphatic heterocycles. The van der Waals surface area contributed by atoms with E-state index in [-0.39, 0.29) is 0 Å². The Hall–Kier alpha value is 0.310. The Bertz CT molecular complexity index is 147. The fourth-order valence-electron chi connectivity index (χ4n) is 2.65. The van der Waals surface area contributed by atoms with Gasteiger partial charge in [0.2, 0.25) is 0 Å². The summed E-state index contributed by atoms with van der Waals surface area (Å²) in [5.41, 5.74) is 0. The van der Waals surface area contributed by atoms with Crippen molar-refractivity contribution in [3.63, 3.8) is 0 Å². The van der Waals surface area contributed by atoms with Crippen LogP contribution in [0.4, 0.5) is 0 Å². The summed E-state index contributed by atoms with van der Waals surface area (Å²) in [7, 11) is 0. The normalized spacial score (nSPS) is 35.8. The highest BCUT2D eigenvalue weighted by molar-refractivity contribution is 7.98. The van der Waals surface area contributed by atoms with Gasteiger partial charge in [0.1, 0.15) is 0 Å². The first-order chi connectivity index (χ1) is 5.92. The third-order valence-corrected chi connectivity index (χ3v) is 3.98. The molecule has 1 heterocycles. The van der Waals surface area contributed by atoms with E-state index in [1.807, 2.05) is 11.8 Å². The molecule has 0 aromatic carbocycles. The highest BCUT2D eigenvalue weighted by Gasteiger charge is 2.39. The average molecular weight is 185 g/mol. The third-order valence-electron chi connectivity index (χ3n) is 3.39. The zero-order valence-corrected chi connectivity index (χ0v) is 8.78. The third kappa shape index (κ3) is 1.64. The van der Waals surface area contributed by atoms with E-state index in [1.165, 1.54) is 44.5 Å². The van der Waals surface area contributed by atoms with Crippen LogP contribution in [-0.4, -0.2) is 36.0 Å². The molecule has 2 atom stereocenters. The predicted molar refractivity (Wildman–Crippen MR) is 55.7 cm³/mol. The largest absolute Gasteiger partial charge is 0.299 e. The van der Waals surface area contributed by atoms with Crippen molar-refractivity contribution in [2.24, 2.45) is 5.92 Å². The second-order valence-corrected chi connectivity index (χ2v) is 5.09. The van der Waals surface area contributed by atoms with Gasteiger partial charge in [-0.05, 0) is 25.0 Å². The number of hydrogen-bond acceptors (Lipinski definition) is 2. The lowest BCUT2D eigenvalue weighted by Gasteiger charge is -2.51. The van der Waals surface area contributed by atoms with E-state index in [0.29, 0.717) is 0 Å². The average Bonchev–Trinajstić information content (AvgIpc) is 2.07. The summed E-state index contributed by atoms with van der Waals surface area (Å²) >= 11 is 1.98. The molecule has 2 rings (SSSR count). The van der Waals surface area contributed by atoms with E-state index in [1.54, 1.807) is 0 Å². The zero-order valence-electron chi connectivity index (χ0n) is 7.96. The second kappa shape index (κ2) is 4.01. The SMILES string of the molecule is CSCCN1C[C@H]2CCCC[C@H]21. The summed E-state index contributed by atoms with van der Waals surface area (Å²) in [6.45, 7) is 2.74. The highest BCUT2D eigenvalue weighted by atomic mass is 32.2. The molecule has 0 N–H and O–H groups in total. The zero-order chi connectivity index (χ0) is 8.39. The first-order valence-electron chi connectivity index (χ1n) is 5.15. The van der Waals surface area contributed by atoms with Crippen molar-refractivity contribution in [3.05, 3.63) is 0 Å². The van der Waals surface area contributed by atoms with Gasteiger partial charge in [-0.1, -0.05) is 12.8 Å². The Morgan fingerprint density at radius 2 is 2.17 bits per heavy atom. The van der Waals surface area contributed by atoms with E-state index >= 15 is 0 Å². The van der Waals surface area contributed by atoms with Crippen LogP contribution >= 0.6 is 11.8 Å². The van der Waals surface area contributed by atoms with E-state index in [4.69, 9.17) is 0 Å². The maximum Gasteiger partial charge on any atom is 0.0136 e. The van der Waals surface area contributed by atoms with Crippen LogP contribution in [0, 0.1) is 5.92 Å². The van der Waals surface area contributed by atoms with Crippen LogP contribution in [0.15, 0.2) is 0 Å². The molecule has 0 amide bonds. The van der Waals surface area contributed by atoms with Crippen molar-refractivity contribution in [2.75, 3.05) is 25.1 Å². The smallest absolute Gasteiger partial charge is 0.0136 e. The number of hydrogen-bond donors (Lipinski definition) is 0. The Balaban J connectivity index is 1.73. The highest BCUT2D eigenvalue weighted by Crippen LogP contribution is 2.36. The molecule has 70 valence electrons. The predicted octanol–water partition coefficient (Wildman–Crippen LogP) is 2.22. The van der Waals surface area contributed by atoms with Crippen LogP contribution in [0.3, 0.4) is 0 Å². The Morgan fingerprint density at radius 1 is 1.33 bits per heavy atom. The van der Waals surface area contributed by atoms with E-state index in [9.17, 15) is 0 Å². The van der Waals surface area contributed by atoms with Crippen LogP contribution in [0.25, 0.3) is 0 Å². The molecular weight excluding hydrogens is 166 g/mol. The minimum absolute atomic E-state index is 0.992. The Morgan fingerprint density at radius 3 is 2.92 bits per heavy atom. The van der Waals surface area contributed by atoms with Gasteiger partial charge in [0.25, 0.3) is 0 Å². The summed E-state index contributed by atoms with van der Waals surface area (Å²) in [6.07, 6.45) is 8.19. The molecule has 1 saturated carbocycles. The summed E-state index contributed by atoms with van der Waals surface area (Å²) in [5, 5.41) is 0. The van der Waals surface area contributed by atoms with Crippen molar-refractivity contribution < 1.29 is 0 Å². The lowest BCUT2D eigenvalue weighted by Crippen LogP contribution is -2.57. The summed E-state index contributed by atoms with van der Waals surface area (Å²) < 4.78 is 0. The Labute approximate surface area is 79.9 Å². The maximum atomic E-state index is 2.69. The minimum atomic E-state index is 0.992. The molecule has 1 saturated heterocycles. The first-order valence-corrected chi connectivity index (χ1v) is 6.54. The number of thioether (sulfide) groups is 1. The number of likely N-dealkylation sites (tertiary alicyclic amines) is 1. The quantitative estimate of drug-likeness (QED) is 0.663. The van der Waals surface area contributed by atoms with Crippen LogP contribution in [-0.2, 0) is 0 Å². The summed E-state index contributed by atoms with van der Waals surface area (Å²) in [4.78, 5) is 2.69. The standard InChI is InChI=1S/C10H19NS/c1-12-7-6-11-8-9-4-2-3-5-10(9)11/h9-10H,2-8H2,1H3/t9-,10-/m1/s1. The van der Waals surface area contributed by atoms with Crippen molar-refractivity contribution in [1.82, 2.24) is 4.90 Å². The van der Waals surface area contributed by atoms with Crippen molar-refractivity contribution >= 4 is 11.8 Å². The monoisotopic (exact) mass is 185 g/mol. The maximum absolute atomic E-state index is 2.69. The molecule has 1 nitrogen and oxygen atoms in total. The molecule has 1 aliphatic carbocycles. The molecule has 0 aromatic rings. The van der Waals surface area contributed by atoms with Gasteiger partial charge in [-0.2, -0.15) is 11.8 Å². The molecule has 2 fully saturated rings. The molecule has 0 aromatic heterocycles. The molecule has 0 bridgehead atoms. The summed E-state index contributed by atoms with van der Waals surface area (Å²) in [6, 6.07) is 0.992. The molecule has 2 heteroatoms. The van der Waals surface area contributed by atoms with Crippen LogP contribution < -0.4 is 0 Å². The molecule has 0 spiro atoms. The fraction of sp³-hybridized carbons (Fsp3) is 1.00. The first kappa shape index (κ1) is 8.89. The van der Waals surface area contributed by atoms with Crippen molar-refractivity contribution in [2.45, 2.75) is 31.7 Å². The van der Waals surface area contributed by atoms with Gasteiger partial charge < -0.3 is 0 Å². The van der Waals surface area contributed by atoms with Crippen LogP contribution in [0.5, 0.6) is 0 Å². The molecular formula is C10H19NS. The summed E-state index contributed by atoms with van der Waals surface area (Å²) in [5.74, 6) is 2.41. The van der Waals surface area contributed by atoms with E-state index < -0.39 is 0 Å². The van der Waals surface area contributed by atoms with Gasteiger partial charge in [0.05, 0.1) is 0 Å². The fourth-order valence-corrected chi connectivity index (χ4v) is 3.06. The topological polar surface area (TPSA) is 3.24 Å². The number of rotatable bonds is 3. The minimum Gasteiger partial charge on any atom is -0.299 e. The lowest BCUT2D eigenvalue weighted by molar-refractivity contribution is -0.00862. The number of nitrogens with zero attached hydrogens (tertiary/aromatic N) is 1. The van der Waals surface area contributed by atoms with Gasteiger partial charge >= 0.3 is 0 Å². The van der Waals surface area contributed by atoms with Crippen molar-refractivity contribution in [1.29, 1.82) is 0 Å². The van der Waals surface area contributed by atoms with Gasteiger partial charge in [-0.3, -0.25) is 4.90 Å². The number of fused-ring (bicyclic) bond motifs is 1. The van der Waals surface area contributed by atoms with Gasteiger partial charge in [-0.15, -0.1) is 0 Å². The van der Waals surface area contributed by atoms with E-state index in [0.717, 1.165) is 12.0 Å². The second-order valence-electron chi connectivity index (χ2n) is 4.10. The van der Waals surface area contributed by atoms with E-state index in [2.05, 4.69) is 11.2 Å². The van der Waals surface area contributed by atoms with Gasteiger partial charge in [-0.25, -0.2) is 0 Å². The van der Waals surface area contributed by atoms with Gasteiger partial charge in [0.15, 0.2) is 0 Å². The Kier molecular flexibility index (Phi) is 2.97. The molecule has 2 aliphatic rings. The molecule has 12 heavy (non-hydrogen) atoms. The van der Waals surface area contributed by atoms with Crippen LogP contribution in [0.1, 0.15) is 25.7 Å². The molecule has 0 radical (unpaired) electrons. The lowest BCUT2D eigenvalue weighted by atomic mass is 9.77. The van der Waals surface area contributed by atoms with Crippen LogP contribution in [0.2, 0.25) is 0 Å². The van der Waals surface area contributed by atoms with Crippen molar-refractivity contribution in [3.8, 4) is 0 Å². The molecule has 0 unspecified atom stereocenters. The van der Waals surface area contributed by atoms with Gasteiger partial charge in [0, 0.05) is 24.9 Å².